The summed E-state index contributed by atoms with van der Waals surface area (Å²) in [6.07, 6.45) is 10.1. The van der Waals surface area contributed by atoms with Crippen LogP contribution in [0, 0.1) is 0 Å². The van der Waals surface area contributed by atoms with Gasteiger partial charge in [0.15, 0.2) is 5.82 Å². The first-order valence-corrected chi connectivity index (χ1v) is 7.45. The second-order valence-corrected chi connectivity index (χ2v) is 5.42. The van der Waals surface area contributed by atoms with Crippen LogP contribution < -0.4 is 10.7 Å². The van der Waals surface area contributed by atoms with Crippen LogP contribution >= 0.6 is 0 Å². The van der Waals surface area contributed by atoms with Crippen molar-refractivity contribution in [1.29, 1.82) is 0 Å². The van der Waals surface area contributed by atoms with Gasteiger partial charge in [-0.25, -0.2) is 10.4 Å². The number of hydrogen-bond acceptors (Lipinski definition) is 5. The molecule has 20 heavy (non-hydrogen) atoms. The van der Waals surface area contributed by atoms with Crippen LogP contribution in [-0.4, -0.2) is 35.3 Å². The normalized spacial score (nSPS) is 23.1. The predicted molar refractivity (Wildman–Crippen MR) is 81.4 cm³/mol. The summed E-state index contributed by atoms with van der Waals surface area (Å²) < 4.78 is 0. The highest BCUT2D eigenvalue weighted by molar-refractivity contribution is 5.94. The molecule has 0 amide bonds. The Balaban J connectivity index is 1.76. The molecule has 0 radical (unpaired) electrons. The molecule has 0 aromatic carbocycles. The Labute approximate surface area is 120 Å². The predicted octanol–water partition coefficient (Wildman–Crippen LogP) is 1.90. The summed E-state index contributed by atoms with van der Waals surface area (Å²) in [4.78, 5) is 7.06. The number of fused-ring (bicyclic) bond motifs is 1. The second kappa shape index (κ2) is 5.71. The number of hydrogen-bond donors (Lipinski definition) is 2. The average Bonchev–Trinajstić information content (AvgIpc) is 2.88. The smallest absolute Gasteiger partial charge is 0.168 e. The Morgan fingerprint density at radius 1 is 1.35 bits per heavy atom. The SMILES string of the molecule is C/C=C(\NC1=C2N=C(C)C=CN2NC1)N1CCCCC1. The maximum atomic E-state index is 4.62. The summed E-state index contributed by atoms with van der Waals surface area (Å²) >= 11 is 0. The van der Waals surface area contributed by atoms with Gasteiger partial charge < -0.3 is 10.2 Å². The maximum Gasteiger partial charge on any atom is 0.168 e. The van der Waals surface area contributed by atoms with Crippen molar-refractivity contribution in [2.75, 3.05) is 19.6 Å². The van der Waals surface area contributed by atoms with Crippen molar-refractivity contribution in [2.45, 2.75) is 33.1 Å². The molecule has 2 N–H and O–H groups in total. The molecule has 0 spiro atoms. The Hall–Kier alpha value is -1.75. The minimum atomic E-state index is 0.793. The van der Waals surface area contributed by atoms with Crippen molar-refractivity contribution in [2.24, 2.45) is 4.99 Å². The molecule has 0 bridgehead atoms. The lowest BCUT2D eigenvalue weighted by molar-refractivity contribution is 0.271. The van der Waals surface area contributed by atoms with Gasteiger partial charge in [0.1, 0.15) is 5.82 Å². The van der Waals surface area contributed by atoms with E-state index in [0.29, 0.717) is 0 Å². The highest BCUT2D eigenvalue weighted by Crippen LogP contribution is 2.21. The molecule has 3 rings (SSSR count). The van der Waals surface area contributed by atoms with Gasteiger partial charge in [-0.2, -0.15) is 0 Å². The molecule has 0 unspecified atom stereocenters. The first-order valence-electron chi connectivity index (χ1n) is 7.45. The van der Waals surface area contributed by atoms with E-state index in [1.54, 1.807) is 0 Å². The van der Waals surface area contributed by atoms with Crippen LogP contribution in [0.5, 0.6) is 0 Å². The van der Waals surface area contributed by atoms with Crippen LogP contribution in [0.25, 0.3) is 0 Å². The van der Waals surface area contributed by atoms with E-state index in [0.717, 1.165) is 36.9 Å². The third-order valence-corrected chi connectivity index (χ3v) is 3.92. The van der Waals surface area contributed by atoms with Gasteiger partial charge in [-0.15, -0.1) is 0 Å². The van der Waals surface area contributed by atoms with E-state index in [9.17, 15) is 0 Å². The molecule has 3 aliphatic heterocycles. The summed E-state index contributed by atoms with van der Waals surface area (Å²) in [6, 6.07) is 0. The fourth-order valence-corrected chi connectivity index (χ4v) is 2.82. The van der Waals surface area contributed by atoms with Gasteiger partial charge in [0.2, 0.25) is 0 Å². The Morgan fingerprint density at radius 3 is 2.90 bits per heavy atom. The molecule has 0 aromatic heterocycles. The number of rotatable bonds is 3. The number of hydrazine groups is 1. The van der Waals surface area contributed by atoms with Gasteiger partial charge in [-0.05, 0) is 45.3 Å². The standard InChI is InChI=1S/C15H23N5/c1-3-14(19-8-5-4-6-9-19)18-13-11-16-20-10-7-12(2)17-15(13)20/h3,7,10,16,18H,4-6,8-9,11H2,1-2H3/b14-3+. The zero-order valence-corrected chi connectivity index (χ0v) is 12.3. The molecular weight excluding hydrogens is 250 g/mol. The number of likely N-dealkylation sites (tertiary alicyclic amines) is 1. The molecule has 108 valence electrons. The lowest BCUT2D eigenvalue weighted by atomic mass is 10.1. The van der Waals surface area contributed by atoms with E-state index in [2.05, 4.69) is 33.6 Å². The Bertz CT molecular complexity index is 494. The monoisotopic (exact) mass is 273 g/mol. The van der Waals surface area contributed by atoms with E-state index in [-0.39, 0.29) is 0 Å². The van der Waals surface area contributed by atoms with Crippen molar-refractivity contribution in [3.05, 3.63) is 35.7 Å². The van der Waals surface area contributed by atoms with Crippen molar-refractivity contribution in [3.63, 3.8) is 0 Å². The Kier molecular flexibility index (Phi) is 3.78. The third-order valence-electron chi connectivity index (χ3n) is 3.92. The summed E-state index contributed by atoms with van der Waals surface area (Å²) in [5.41, 5.74) is 5.51. The van der Waals surface area contributed by atoms with Crippen LogP contribution in [0.1, 0.15) is 33.1 Å². The van der Waals surface area contributed by atoms with Crippen molar-refractivity contribution in [3.8, 4) is 0 Å². The van der Waals surface area contributed by atoms with Gasteiger partial charge in [-0.3, -0.25) is 5.01 Å². The molecule has 3 heterocycles. The van der Waals surface area contributed by atoms with Crippen LogP contribution in [0.2, 0.25) is 0 Å². The van der Waals surface area contributed by atoms with Gasteiger partial charge >= 0.3 is 0 Å². The highest BCUT2D eigenvalue weighted by Gasteiger charge is 2.24. The van der Waals surface area contributed by atoms with E-state index in [1.165, 1.54) is 25.1 Å². The fourth-order valence-electron chi connectivity index (χ4n) is 2.82. The van der Waals surface area contributed by atoms with Crippen LogP contribution in [0.4, 0.5) is 0 Å². The number of allylic oxidation sites excluding steroid dienone is 2. The van der Waals surface area contributed by atoms with Crippen molar-refractivity contribution in [1.82, 2.24) is 20.7 Å². The topological polar surface area (TPSA) is 42.9 Å². The maximum absolute atomic E-state index is 4.62. The first-order chi connectivity index (χ1) is 9.78. The van der Waals surface area contributed by atoms with Gasteiger partial charge in [0.05, 0.1) is 12.2 Å². The zero-order chi connectivity index (χ0) is 13.9. The average molecular weight is 273 g/mol. The molecule has 5 nitrogen and oxygen atoms in total. The Morgan fingerprint density at radius 2 is 2.15 bits per heavy atom. The summed E-state index contributed by atoms with van der Waals surface area (Å²) in [5.74, 6) is 2.19. The lowest BCUT2D eigenvalue weighted by Gasteiger charge is -2.31. The molecule has 1 fully saturated rings. The van der Waals surface area contributed by atoms with Crippen LogP contribution in [-0.2, 0) is 0 Å². The number of nitrogens with zero attached hydrogens (tertiary/aromatic N) is 3. The molecule has 0 atom stereocenters. The van der Waals surface area contributed by atoms with Crippen LogP contribution in [0.3, 0.4) is 0 Å². The summed E-state index contributed by atoms with van der Waals surface area (Å²) in [5, 5.41) is 5.56. The summed E-state index contributed by atoms with van der Waals surface area (Å²) in [6.45, 7) is 7.21. The van der Waals surface area contributed by atoms with E-state index in [4.69, 9.17) is 0 Å². The quantitative estimate of drug-likeness (QED) is 0.824. The summed E-state index contributed by atoms with van der Waals surface area (Å²) in [7, 11) is 0. The molecule has 5 heteroatoms. The number of nitrogens with one attached hydrogen (secondary N) is 2. The minimum Gasteiger partial charge on any atom is -0.358 e. The molecule has 3 aliphatic rings. The van der Waals surface area contributed by atoms with E-state index < -0.39 is 0 Å². The van der Waals surface area contributed by atoms with Crippen LogP contribution in [0.15, 0.2) is 40.7 Å². The van der Waals surface area contributed by atoms with E-state index >= 15 is 0 Å². The second-order valence-electron chi connectivity index (χ2n) is 5.42. The third kappa shape index (κ3) is 2.58. The van der Waals surface area contributed by atoms with Gasteiger partial charge in [-0.1, -0.05) is 0 Å². The van der Waals surface area contributed by atoms with E-state index in [1.807, 2.05) is 24.2 Å². The largest absolute Gasteiger partial charge is 0.358 e. The number of aliphatic imine (C=N–C) groups is 1. The van der Waals surface area contributed by atoms with Crippen molar-refractivity contribution >= 4 is 5.71 Å². The van der Waals surface area contributed by atoms with Crippen molar-refractivity contribution < 1.29 is 0 Å². The van der Waals surface area contributed by atoms with Gasteiger partial charge in [0.25, 0.3) is 0 Å². The zero-order valence-electron chi connectivity index (χ0n) is 12.3. The lowest BCUT2D eigenvalue weighted by Crippen LogP contribution is -2.36. The molecule has 0 aromatic rings. The van der Waals surface area contributed by atoms with Gasteiger partial charge in [0, 0.05) is 25.0 Å². The molecule has 1 saturated heterocycles. The molecular formula is C15H23N5. The molecule has 0 saturated carbocycles. The minimum absolute atomic E-state index is 0.793. The number of piperidine rings is 1. The molecule has 0 aliphatic carbocycles. The fraction of sp³-hybridized carbons (Fsp3) is 0.533. The first kappa shape index (κ1) is 13.2. The highest BCUT2D eigenvalue weighted by atomic mass is 15.6.